The Hall–Kier alpha value is -0.610. The minimum atomic E-state index is -0.615. The van der Waals surface area contributed by atoms with Crippen molar-refractivity contribution in [1.29, 1.82) is 0 Å². The number of aliphatic carboxylic acids is 1. The van der Waals surface area contributed by atoms with Crippen LogP contribution in [0.1, 0.15) is 32.1 Å². The molecule has 1 aliphatic rings. The van der Waals surface area contributed by atoms with E-state index in [1.165, 1.54) is 0 Å². The van der Waals surface area contributed by atoms with Crippen LogP contribution in [0, 0.1) is 5.41 Å². The SMILES string of the molecule is CN(C)NCCC1(C(=O)O)CCCC1. The van der Waals surface area contributed by atoms with Crippen molar-refractivity contribution in [3.05, 3.63) is 0 Å². The molecule has 4 nitrogen and oxygen atoms in total. The molecule has 0 unspecified atom stereocenters. The van der Waals surface area contributed by atoms with Gasteiger partial charge in [0.2, 0.25) is 0 Å². The fraction of sp³-hybridized carbons (Fsp3) is 0.900. The van der Waals surface area contributed by atoms with Crippen LogP contribution in [0.3, 0.4) is 0 Å². The summed E-state index contributed by atoms with van der Waals surface area (Å²) in [5.74, 6) is -0.615. The molecular formula is C10H20N2O2. The summed E-state index contributed by atoms with van der Waals surface area (Å²) in [7, 11) is 3.84. The number of carbonyl (C=O) groups is 1. The number of hydrogen-bond donors (Lipinski definition) is 2. The second-order valence-corrected chi connectivity index (χ2v) is 4.35. The van der Waals surface area contributed by atoms with Crippen LogP contribution in [0.4, 0.5) is 0 Å². The molecule has 0 radical (unpaired) electrons. The third-order valence-corrected chi connectivity index (χ3v) is 3.05. The first kappa shape index (κ1) is 11.5. The van der Waals surface area contributed by atoms with Crippen molar-refractivity contribution in [3.63, 3.8) is 0 Å². The second-order valence-electron chi connectivity index (χ2n) is 4.35. The van der Waals surface area contributed by atoms with Gasteiger partial charge in [0.1, 0.15) is 0 Å². The number of carboxylic acid groups (broad SMARTS) is 1. The molecule has 4 heteroatoms. The third-order valence-electron chi connectivity index (χ3n) is 3.05. The molecule has 0 spiro atoms. The van der Waals surface area contributed by atoms with Crippen molar-refractivity contribution in [2.45, 2.75) is 32.1 Å². The minimum absolute atomic E-state index is 0.441. The largest absolute Gasteiger partial charge is 0.481 e. The molecule has 0 aromatic carbocycles. The van der Waals surface area contributed by atoms with E-state index in [0.29, 0.717) is 0 Å². The van der Waals surface area contributed by atoms with Crippen LogP contribution in [0.5, 0.6) is 0 Å². The van der Waals surface area contributed by atoms with Gasteiger partial charge in [-0.05, 0) is 19.3 Å². The summed E-state index contributed by atoms with van der Waals surface area (Å²) in [6, 6.07) is 0. The van der Waals surface area contributed by atoms with Gasteiger partial charge >= 0.3 is 5.97 Å². The highest BCUT2D eigenvalue weighted by Gasteiger charge is 2.40. The Morgan fingerprint density at radius 3 is 2.43 bits per heavy atom. The van der Waals surface area contributed by atoms with E-state index in [9.17, 15) is 9.90 Å². The molecular weight excluding hydrogens is 180 g/mol. The fourth-order valence-electron chi connectivity index (χ4n) is 2.14. The molecule has 0 bridgehead atoms. The maximum absolute atomic E-state index is 11.2. The minimum Gasteiger partial charge on any atom is -0.481 e. The number of hydrazine groups is 1. The Morgan fingerprint density at radius 1 is 1.43 bits per heavy atom. The highest BCUT2D eigenvalue weighted by Crippen LogP contribution is 2.40. The van der Waals surface area contributed by atoms with E-state index in [4.69, 9.17) is 0 Å². The Morgan fingerprint density at radius 2 is 2.00 bits per heavy atom. The molecule has 0 saturated heterocycles. The van der Waals surface area contributed by atoms with E-state index >= 15 is 0 Å². The summed E-state index contributed by atoms with van der Waals surface area (Å²) < 4.78 is 0. The van der Waals surface area contributed by atoms with Gasteiger partial charge in [-0.25, -0.2) is 0 Å². The maximum Gasteiger partial charge on any atom is 0.309 e. The topological polar surface area (TPSA) is 52.6 Å². The van der Waals surface area contributed by atoms with Crippen LogP contribution in [-0.4, -0.2) is 36.7 Å². The van der Waals surface area contributed by atoms with Crippen molar-refractivity contribution in [3.8, 4) is 0 Å². The summed E-state index contributed by atoms with van der Waals surface area (Å²) in [5.41, 5.74) is 2.68. The third kappa shape index (κ3) is 2.69. The average molecular weight is 200 g/mol. The lowest BCUT2D eigenvalue weighted by Crippen LogP contribution is -2.37. The summed E-state index contributed by atoms with van der Waals surface area (Å²) >= 11 is 0. The van der Waals surface area contributed by atoms with Gasteiger partial charge in [-0.2, -0.15) is 0 Å². The normalized spacial score (nSPS) is 20.2. The molecule has 0 amide bonds. The molecule has 1 saturated carbocycles. The Bertz CT molecular complexity index is 198. The Labute approximate surface area is 85.3 Å². The summed E-state index contributed by atoms with van der Waals surface area (Å²) in [6.45, 7) is 0.749. The molecule has 0 aromatic heterocycles. The van der Waals surface area contributed by atoms with Gasteiger partial charge in [0.15, 0.2) is 0 Å². The van der Waals surface area contributed by atoms with Crippen LogP contribution in [0.2, 0.25) is 0 Å². The van der Waals surface area contributed by atoms with E-state index in [1.54, 1.807) is 0 Å². The first-order valence-corrected chi connectivity index (χ1v) is 5.21. The zero-order chi connectivity index (χ0) is 10.6. The predicted molar refractivity (Wildman–Crippen MR) is 54.8 cm³/mol. The molecule has 1 aliphatic carbocycles. The number of carboxylic acids is 1. The fourth-order valence-corrected chi connectivity index (χ4v) is 2.14. The Kier molecular flexibility index (Phi) is 3.89. The van der Waals surface area contributed by atoms with Gasteiger partial charge in [-0.15, -0.1) is 0 Å². The average Bonchev–Trinajstić information content (AvgIpc) is 2.53. The molecule has 14 heavy (non-hydrogen) atoms. The van der Waals surface area contributed by atoms with E-state index in [2.05, 4.69) is 5.43 Å². The van der Waals surface area contributed by atoms with Gasteiger partial charge in [0.25, 0.3) is 0 Å². The molecule has 1 rings (SSSR count). The van der Waals surface area contributed by atoms with E-state index < -0.39 is 11.4 Å². The highest BCUT2D eigenvalue weighted by atomic mass is 16.4. The zero-order valence-electron chi connectivity index (χ0n) is 9.05. The van der Waals surface area contributed by atoms with Gasteiger partial charge in [0.05, 0.1) is 5.41 Å². The van der Waals surface area contributed by atoms with Crippen molar-refractivity contribution in [2.24, 2.45) is 5.41 Å². The molecule has 0 atom stereocenters. The van der Waals surface area contributed by atoms with E-state index in [-0.39, 0.29) is 0 Å². The smallest absolute Gasteiger partial charge is 0.309 e. The summed E-state index contributed by atoms with van der Waals surface area (Å²) in [5, 5.41) is 11.1. The molecule has 0 aliphatic heterocycles. The van der Waals surface area contributed by atoms with Gasteiger partial charge < -0.3 is 5.11 Å². The van der Waals surface area contributed by atoms with Crippen molar-refractivity contribution in [2.75, 3.05) is 20.6 Å². The number of rotatable bonds is 5. The first-order valence-electron chi connectivity index (χ1n) is 5.21. The van der Waals surface area contributed by atoms with E-state index in [0.717, 1.165) is 38.6 Å². The molecule has 1 fully saturated rings. The molecule has 0 heterocycles. The lowest BCUT2D eigenvalue weighted by molar-refractivity contribution is -0.149. The molecule has 0 aromatic rings. The summed E-state index contributed by atoms with van der Waals surface area (Å²) in [4.78, 5) is 11.2. The number of nitrogens with one attached hydrogen (secondary N) is 1. The van der Waals surface area contributed by atoms with E-state index in [1.807, 2.05) is 19.1 Å². The van der Waals surface area contributed by atoms with Gasteiger partial charge in [0, 0.05) is 20.6 Å². The lowest BCUT2D eigenvalue weighted by Gasteiger charge is -2.24. The van der Waals surface area contributed by atoms with Crippen molar-refractivity contribution >= 4 is 5.97 Å². The standard InChI is InChI=1S/C10H20N2O2/c1-12(2)11-8-7-10(9(13)14)5-3-4-6-10/h11H,3-8H2,1-2H3,(H,13,14). The highest BCUT2D eigenvalue weighted by molar-refractivity contribution is 5.74. The van der Waals surface area contributed by atoms with Crippen LogP contribution in [-0.2, 0) is 4.79 Å². The number of hydrogen-bond acceptors (Lipinski definition) is 3. The predicted octanol–water partition coefficient (Wildman–Crippen LogP) is 1.09. The van der Waals surface area contributed by atoms with Crippen LogP contribution in [0.15, 0.2) is 0 Å². The lowest BCUT2D eigenvalue weighted by atomic mass is 9.83. The monoisotopic (exact) mass is 200 g/mol. The quantitative estimate of drug-likeness (QED) is 0.652. The maximum atomic E-state index is 11.2. The van der Waals surface area contributed by atoms with Gasteiger partial charge in [-0.3, -0.25) is 15.2 Å². The summed E-state index contributed by atoms with van der Waals surface area (Å²) in [6.07, 6.45) is 4.55. The second kappa shape index (κ2) is 4.75. The van der Waals surface area contributed by atoms with Crippen molar-refractivity contribution < 1.29 is 9.90 Å². The molecule has 82 valence electrons. The first-order chi connectivity index (χ1) is 6.57. The van der Waals surface area contributed by atoms with Gasteiger partial charge in [-0.1, -0.05) is 12.8 Å². The Balaban J connectivity index is 2.40. The van der Waals surface area contributed by atoms with Crippen molar-refractivity contribution in [1.82, 2.24) is 10.4 Å². The van der Waals surface area contributed by atoms with Crippen LogP contribution in [0.25, 0.3) is 0 Å². The zero-order valence-corrected chi connectivity index (χ0v) is 9.05. The van der Waals surface area contributed by atoms with Crippen LogP contribution >= 0.6 is 0 Å². The molecule has 2 N–H and O–H groups in total. The number of nitrogens with zero attached hydrogens (tertiary/aromatic N) is 1. The van der Waals surface area contributed by atoms with Crippen LogP contribution < -0.4 is 5.43 Å².